The zero-order chi connectivity index (χ0) is 17.4. The molecule has 126 valence electrons. The first-order valence-electron chi connectivity index (χ1n) is 8.43. The molecule has 0 spiro atoms. The number of aliphatic imine (C=N–C) groups is 1. The first-order valence-corrected chi connectivity index (χ1v) is 8.43. The molecule has 1 N–H and O–H groups in total. The summed E-state index contributed by atoms with van der Waals surface area (Å²) in [5, 5.41) is 2.93. The van der Waals surface area contributed by atoms with Gasteiger partial charge in [-0.05, 0) is 61.6 Å². The lowest BCUT2D eigenvalue weighted by atomic mass is 9.77. The van der Waals surface area contributed by atoms with Gasteiger partial charge in [0.25, 0.3) is 11.8 Å². The number of hydrogen-bond acceptors (Lipinski definition) is 2. The van der Waals surface area contributed by atoms with E-state index in [2.05, 4.69) is 10.3 Å². The molecule has 0 fully saturated rings. The van der Waals surface area contributed by atoms with Gasteiger partial charge in [0.15, 0.2) is 0 Å². The molecule has 0 saturated carbocycles. The van der Waals surface area contributed by atoms with Gasteiger partial charge in [-0.25, -0.2) is 9.38 Å². The molecule has 0 bridgehead atoms. The van der Waals surface area contributed by atoms with Crippen molar-refractivity contribution < 1.29 is 14.0 Å². The van der Waals surface area contributed by atoms with E-state index < -0.39 is 11.7 Å². The third-order valence-corrected chi connectivity index (χ3v) is 4.82. The SMILES string of the molecule is O=C1NC2=CC(=NC(=O)c3cccc(F)c3)C=CC2C2=C1CCCC2. The zero-order valence-electron chi connectivity index (χ0n) is 13.6. The van der Waals surface area contributed by atoms with Gasteiger partial charge < -0.3 is 5.32 Å². The summed E-state index contributed by atoms with van der Waals surface area (Å²) in [5.74, 6) is -0.950. The quantitative estimate of drug-likeness (QED) is 0.853. The molecular weight excluding hydrogens is 319 g/mol. The third-order valence-electron chi connectivity index (χ3n) is 4.82. The molecule has 4 rings (SSSR count). The maximum absolute atomic E-state index is 13.2. The zero-order valence-corrected chi connectivity index (χ0v) is 13.6. The molecular formula is C20H17FN2O2. The van der Waals surface area contributed by atoms with Crippen molar-refractivity contribution in [3.8, 4) is 0 Å². The molecule has 0 aromatic heterocycles. The minimum atomic E-state index is -0.505. The van der Waals surface area contributed by atoms with Crippen molar-refractivity contribution in [1.82, 2.24) is 5.32 Å². The van der Waals surface area contributed by atoms with Crippen molar-refractivity contribution in [2.45, 2.75) is 25.7 Å². The number of nitrogens with one attached hydrogen (secondary N) is 1. The molecule has 3 aliphatic rings. The lowest BCUT2D eigenvalue weighted by molar-refractivity contribution is -0.117. The summed E-state index contributed by atoms with van der Waals surface area (Å²) >= 11 is 0. The summed E-state index contributed by atoms with van der Waals surface area (Å²) in [7, 11) is 0. The van der Waals surface area contributed by atoms with Crippen LogP contribution in [0.15, 0.2) is 64.3 Å². The minimum Gasteiger partial charge on any atom is -0.325 e. The summed E-state index contributed by atoms with van der Waals surface area (Å²) < 4.78 is 13.2. The molecule has 0 radical (unpaired) electrons. The van der Waals surface area contributed by atoms with Gasteiger partial charge in [0.05, 0.1) is 5.71 Å². The van der Waals surface area contributed by atoms with Crippen molar-refractivity contribution in [1.29, 1.82) is 0 Å². The average molecular weight is 336 g/mol. The van der Waals surface area contributed by atoms with E-state index in [0.717, 1.165) is 43.0 Å². The van der Waals surface area contributed by atoms with E-state index in [1.54, 1.807) is 12.2 Å². The van der Waals surface area contributed by atoms with Crippen LogP contribution in [0.5, 0.6) is 0 Å². The highest BCUT2D eigenvalue weighted by molar-refractivity contribution is 6.14. The Labute approximate surface area is 144 Å². The second-order valence-corrected chi connectivity index (χ2v) is 6.45. The van der Waals surface area contributed by atoms with Gasteiger partial charge in [-0.3, -0.25) is 9.59 Å². The van der Waals surface area contributed by atoms with E-state index in [9.17, 15) is 14.0 Å². The van der Waals surface area contributed by atoms with Crippen molar-refractivity contribution in [3.05, 3.63) is 70.7 Å². The van der Waals surface area contributed by atoms with Gasteiger partial charge in [-0.1, -0.05) is 12.1 Å². The summed E-state index contributed by atoms with van der Waals surface area (Å²) in [6.45, 7) is 0. The average Bonchev–Trinajstić information content (AvgIpc) is 2.62. The number of allylic oxidation sites excluding steroid dienone is 3. The predicted molar refractivity (Wildman–Crippen MR) is 92.5 cm³/mol. The first kappa shape index (κ1) is 15.7. The van der Waals surface area contributed by atoms with Gasteiger partial charge in [0.1, 0.15) is 5.82 Å². The molecule has 2 aliphatic carbocycles. The van der Waals surface area contributed by atoms with Crippen molar-refractivity contribution in [2.24, 2.45) is 10.9 Å². The Balaban J connectivity index is 1.63. The molecule has 4 nitrogen and oxygen atoms in total. The number of hydrogen-bond donors (Lipinski definition) is 1. The van der Waals surface area contributed by atoms with Gasteiger partial charge in [-0.2, -0.15) is 0 Å². The fraction of sp³-hybridized carbons (Fsp3) is 0.250. The fourth-order valence-electron chi connectivity index (χ4n) is 3.62. The van der Waals surface area contributed by atoms with Crippen LogP contribution in [-0.2, 0) is 4.79 Å². The van der Waals surface area contributed by atoms with E-state index in [1.807, 2.05) is 6.08 Å². The number of carbonyl (C=O) groups excluding carboxylic acids is 2. The fourth-order valence-corrected chi connectivity index (χ4v) is 3.62. The Bertz CT molecular complexity index is 893. The van der Waals surface area contributed by atoms with Gasteiger partial charge in [0.2, 0.25) is 0 Å². The van der Waals surface area contributed by atoms with E-state index >= 15 is 0 Å². The molecule has 25 heavy (non-hydrogen) atoms. The Morgan fingerprint density at radius 3 is 2.92 bits per heavy atom. The van der Waals surface area contributed by atoms with Crippen LogP contribution in [0.25, 0.3) is 0 Å². The smallest absolute Gasteiger partial charge is 0.277 e. The highest BCUT2D eigenvalue weighted by atomic mass is 19.1. The maximum atomic E-state index is 13.2. The molecule has 0 saturated heterocycles. The lowest BCUT2D eigenvalue weighted by Crippen LogP contribution is -2.37. The van der Waals surface area contributed by atoms with Crippen molar-refractivity contribution in [2.75, 3.05) is 0 Å². The molecule has 1 heterocycles. The van der Waals surface area contributed by atoms with Crippen LogP contribution in [-0.4, -0.2) is 17.5 Å². The Hall–Kier alpha value is -2.82. The van der Waals surface area contributed by atoms with E-state index in [-0.39, 0.29) is 17.4 Å². The van der Waals surface area contributed by atoms with E-state index in [4.69, 9.17) is 0 Å². The lowest BCUT2D eigenvalue weighted by Gasteiger charge is -2.33. The molecule has 2 amide bonds. The predicted octanol–water partition coefficient (Wildman–Crippen LogP) is 3.48. The van der Waals surface area contributed by atoms with Crippen LogP contribution in [0, 0.1) is 11.7 Å². The Kier molecular flexibility index (Phi) is 3.92. The summed E-state index contributed by atoms with van der Waals surface area (Å²) in [4.78, 5) is 28.5. The highest BCUT2D eigenvalue weighted by Gasteiger charge is 2.33. The second-order valence-electron chi connectivity index (χ2n) is 6.45. The standard InChI is InChI=1S/C20H17FN2O2/c21-13-5-3-4-12(10-13)19(24)22-14-8-9-16-15-6-1-2-7-17(15)20(25)23-18(16)11-14/h3-5,8-11,16H,1-2,6-7H2,(H,23,25). The number of amides is 2. The van der Waals surface area contributed by atoms with Gasteiger partial charge in [-0.15, -0.1) is 0 Å². The molecule has 1 aromatic rings. The van der Waals surface area contributed by atoms with Crippen molar-refractivity contribution >= 4 is 17.5 Å². The highest BCUT2D eigenvalue weighted by Crippen LogP contribution is 2.38. The molecule has 1 atom stereocenters. The van der Waals surface area contributed by atoms with Crippen LogP contribution in [0.1, 0.15) is 36.0 Å². The summed E-state index contributed by atoms with van der Waals surface area (Å²) in [6, 6.07) is 5.45. The van der Waals surface area contributed by atoms with Crippen LogP contribution in [0.3, 0.4) is 0 Å². The normalized spacial score (nSPS) is 23.7. The second kappa shape index (κ2) is 6.24. The monoisotopic (exact) mass is 336 g/mol. The number of nitrogens with zero attached hydrogens (tertiary/aromatic N) is 1. The number of carbonyl (C=O) groups is 2. The summed E-state index contributed by atoms with van der Waals surface area (Å²) in [5.41, 5.74) is 3.52. The molecule has 1 unspecified atom stereocenters. The molecule has 1 aromatic carbocycles. The van der Waals surface area contributed by atoms with Crippen LogP contribution in [0.4, 0.5) is 4.39 Å². The van der Waals surface area contributed by atoms with Crippen LogP contribution in [0.2, 0.25) is 0 Å². The topological polar surface area (TPSA) is 58.5 Å². The van der Waals surface area contributed by atoms with Crippen molar-refractivity contribution in [3.63, 3.8) is 0 Å². The molecule has 5 heteroatoms. The van der Waals surface area contributed by atoms with Gasteiger partial charge in [0, 0.05) is 22.8 Å². The largest absolute Gasteiger partial charge is 0.325 e. The molecule has 1 aliphatic heterocycles. The van der Waals surface area contributed by atoms with E-state index in [1.165, 1.54) is 23.8 Å². The number of benzene rings is 1. The first-order chi connectivity index (χ1) is 12.1. The van der Waals surface area contributed by atoms with E-state index in [0.29, 0.717) is 5.71 Å². The third kappa shape index (κ3) is 2.97. The van der Waals surface area contributed by atoms with Crippen LogP contribution >= 0.6 is 0 Å². The Morgan fingerprint density at radius 1 is 1.24 bits per heavy atom. The number of rotatable bonds is 1. The van der Waals surface area contributed by atoms with Gasteiger partial charge >= 0.3 is 0 Å². The Morgan fingerprint density at radius 2 is 2.08 bits per heavy atom. The number of fused-ring (bicyclic) bond motifs is 2. The van der Waals surface area contributed by atoms with Crippen LogP contribution < -0.4 is 5.32 Å². The number of halogens is 1. The maximum Gasteiger partial charge on any atom is 0.277 e. The summed E-state index contributed by atoms with van der Waals surface area (Å²) in [6.07, 6.45) is 9.42. The minimum absolute atomic E-state index is 0.0386.